The number of piperidine rings is 1. The zero-order valence-electron chi connectivity index (χ0n) is 17.2. The standard InChI is InChI=1S/C21H36N4O3/c1-15(24-20(27)17-7-2-3-8-17)12-19(26)25-11-5-6-16(14-25)13-23-21(28)18-9-4-10-22-18/h15-18,22H,2-14H2,1H3,(H,23,28)(H,24,27). The van der Waals surface area contributed by atoms with E-state index in [-0.39, 0.29) is 35.7 Å². The first-order valence-corrected chi connectivity index (χ1v) is 11.1. The van der Waals surface area contributed by atoms with Gasteiger partial charge in [-0.05, 0) is 57.9 Å². The molecule has 3 N–H and O–H groups in total. The predicted molar refractivity (Wildman–Crippen MR) is 108 cm³/mol. The number of amides is 3. The zero-order valence-corrected chi connectivity index (χ0v) is 17.2. The molecule has 7 heteroatoms. The van der Waals surface area contributed by atoms with E-state index in [0.717, 1.165) is 64.5 Å². The minimum absolute atomic E-state index is 0.0503. The first-order chi connectivity index (χ1) is 13.5. The van der Waals surface area contributed by atoms with E-state index in [2.05, 4.69) is 16.0 Å². The largest absolute Gasteiger partial charge is 0.354 e. The van der Waals surface area contributed by atoms with Gasteiger partial charge in [-0.2, -0.15) is 0 Å². The first kappa shape index (κ1) is 21.1. The lowest BCUT2D eigenvalue weighted by Gasteiger charge is -2.34. The quantitative estimate of drug-likeness (QED) is 0.607. The van der Waals surface area contributed by atoms with E-state index >= 15 is 0 Å². The van der Waals surface area contributed by atoms with Gasteiger partial charge in [0.25, 0.3) is 0 Å². The third kappa shape index (κ3) is 5.93. The second-order valence-corrected chi connectivity index (χ2v) is 8.84. The number of rotatable bonds is 7. The fourth-order valence-electron chi connectivity index (χ4n) is 4.73. The van der Waals surface area contributed by atoms with Gasteiger partial charge in [-0.3, -0.25) is 14.4 Å². The van der Waals surface area contributed by atoms with E-state index in [4.69, 9.17) is 0 Å². The molecule has 3 rings (SSSR count). The molecule has 3 unspecified atom stereocenters. The summed E-state index contributed by atoms with van der Waals surface area (Å²) in [5.74, 6) is 0.746. The van der Waals surface area contributed by atoms with Crippen LogP contribution in [0.2, 0.25) is 0 Å². The third-order valence-electron chi connectivity index (χ3n) is 6.41. The molecule has 0 spiro atoms. The van der Waals surface area contributed by atoms with Gasteiger partial charge < -0.3 is 20.9 Å². The second-order valence-electron chi connectivity index (χ2n) is 8.84. The van der Waals surface area contributed by atoms with Crippen LogP contribution in [0.25, 0.3) is 0 Å². The maximum Gasteiger partial charge on any atom is 0.237 e. The van der Waals surface area contributed by atoms with Crippen molar-refractivity contribution in [3.8, 4) is 0 Å². The molecule has 3 atom stereocenters. The highest BCUT2D eigenvalue weighted by Gasteiger charge is 2.28. The summed E-state index contributed by atoms with van der Waals surface area (Å²) in [6, 6.07) is -0.181. The van der Waals surface area contributed by atoms with Crippen molar-refractivity contribution in [2.75, 3.05) is 26.2 Å². The first-order valence-electron chi connectivity index (χ1n) is 11.1. The summed E-state index contributed by atoms with van der Waals surface area (Å²) in [7, 11) is 0. The van der Waals surface area contributed by atoms with Crippen LogP contribution in [0.5, 0.6) is 0 Å². The Morgan fingerprint density at radius 2 is 1.82 bits per heavy atom. The molecule has 0 radical (unpaired) electrons. The fraction of sp³-hybridized carbons (Fsp3) is 0.857. The number of hydrogen-bond acceptors (Lipinski definition) is 4. The Balaban J connectivity index is 1.38. The molecule has 0 aromatic heterocycles. The summed E-state index contributed by atoms with van der Waals surface area (Å²) in [6.07, 6.45) is 8.54. The van der Waals surface area contributed by atoms with Crippen molar-refractivity contribution < 1.29 is 14.4 Å². The number of nitrogens with zero attached hydrogens (tertiary/aromatic N) is 1. The highest BCUT2D eigenvalue weighted by Crippen LogP contribution is 2.25. The molecular weight excluding hydrogens is 356 g/mol. The maximum absolute atomic E-state index is 12.7. The van der Waals surface area contributed by atoms with E-state index in [9.17, 15) is 14.4 Å². The van der Waals surface area contributed by atoms with Gasteiger partial charge in [0, 0.05) is 38.0 Å². The van der Waals surface area contributed by atoms with Crippen molar-refractivity contribution in [1.82, 2.24) is 20.9 Å². The van der Waals surface area contributed by atoms with Crippen molar-refractivity contribution in [3.05, 3.63) is 0 Å². The van der Waals surface area contributed by atoms with E-state index in [0.29, 0.717) is 25.4 Å². The summed E-state index contributed by atoms with van der Waals surface area (Å²) < 4.78 is 0. The average Bonchev–Trinajstić information content (AvgIpc) is 3.40. The average molecular weight is 393 g/mol. The SMILES string of the molecule is CC(CC(=O)N1CCCC(CNC(=O)C2CCCN2)C1)NC(=O)C1CCCC1. The van der Waals surface area contributed by atoms with Gasteiger partial charge >= 0.3 is 0 Å². The van der Waals surface area contributed by atoms with Gasteiger partial charge in [-0.25, -0.2) is 0 Å². The topological polar surface area (TPSA) is 90.5 Å². The number of nitrogens with one attached hydrogen (secondary N) is 3. The van der Waals surface area contributed by atoms with E-state index in [1.165, 1.54) is 0 Å². The molecule has 2 aliphatic heterocycles. The van der Waals surface area contributed by atoms with Crippen LogP contribution in [0.15, 0.2) is 0 Å². The Morgan fingerprint density at radius 3 is 2.54 bits per heavy atom. The Hall–Kier alpha value is -1.63. The van der Waals surface area contributed by atoms with Crippen molar-refractivity contribution in [2.45, 2.75) is 76.8 Å². The van der Waals surface area contributed by atoms with Crippen molar-refractivity contribution >= 4 is 17.7 Å². The summed E-state index contributed by atoms with van der Waals surface area (Å²) in [5, 5.41) is 9.30. The second kappa shape index (κ2) is 10.2. The van der Waals surface area contributed by atoms with Gasteiger partial charge in [-0.15, -0.1) is 0 Å². The van der Waals surface area contributed by atoms with Crippen LogP contribution in [-0.2, 0) is 14.4 Å². The lowest BCUT2D eigenvalue weighted by Crippen LogP contribution is -2.48. The van der Waals surface area contributed by atoms with Gasteiger partial charge in [0.15, 0.2) is 0 Å². The Bertz CT molecular complexity index is 556. The van der Waals surface area contributed by atoms with E-state index < -0.39 is 0 Å². The molecular formula is C21H36N4O3. The summed E-state index contributed by atoms with van der Waals surface area (Å²) >= 11 is 0. The number of carbonyl (C=O) groups excluding carboxylic acids is 3. The molecule has 0 aromatic carbocycles. The molecule has 2 heterocycles. The molecule has 1 aliphatic carbocycles. The Morgan fingerprint density at radius 1 is 1.04 bits per heavy atom. The lowest BCUT2D eigenvalue weighted by molar-refractivity contribution is -0.133. The molecule has 3 fully saturated rings. The van der Waals surface area contributed by atoms with Crippen LogP contribution in [-0.4, -0.2) is 60.9 Å². The summed E-state index contributed by atoms with van der Waals surface area (Å²) in [4.78, 5) is 39.0. The molecule has 158 valence electrons. The summed E-state index contributed by atoms with van der Waals surface area (Å²) in [6.45, 7) is 4.94. The highest BCUT2D eigenvalue weighted by atomic mass is 16.2. The van der Waals surface area contributed by atoms with Crippen LogP contribution < -0.4 is 16.0 Å². The smallest absolute Gasteiger partial charge is 0.237 e. The molecule has 2 saturated heterocycles. The minimum Gasteiger partial charge on any atom is -0.354 e. The number of carbonyl (C=O) groups is 3. The van der Waals surface area contributed by atoms with Crippen LogP contribution >= 0.6 is 0 Å². The highest BCUT2D eigenvalue weighted by molar-refractivity contribution is 5.82. The third-order valence-corrected chi connectivity index (χ3v) is 6.41. The van der Waals surface area contributed by atoms with Gasteiger partial charge in [0.1, 0.15) is 0 Å². The molecule has 0 bridgehead atoms. The van der Waals surface area contributed by atoms with Crippen LogP contribution in [0, 0.1) is 11.8 Å². The molecule has 3 aliphatic rings. The monoisotopic (exact) mass is 392 g/mol. The molecule has 28 heavy (non-hydrogen) atoms. The summed E-state index contributed by atoms with van der Waals surface area (Å²) in [5.41, 5.74) is 0. The van der Waals surface area contributed by atoms with Gasteiger partial charge in [-0.1, -0.05) is 12.8 Å². The van der Waals surface area contributed by atoms with Crippen LogP contribution in [0.1, 0.15) is 64.7 Å². The normalized spacial score (nSPS) is 26.8. The molecule has 3 amide bonds. The number of hydrogen-bond donors (Lipinski definition) is 3. The molecule has 7 nitrogen and oxygen atoms in total. The van der Waals surface area contributed by atoms with Crippen molar-refractivity contribution in [3.63, 3.8) is 0 Å². The van der Waals surface area contributed by atoms with Gasteiger partial charge in [0.05, 0.1) is 6.04 Å². The zero-order chi connectivity index (χ0) is 19.9. The predicted octanol–water partition coefficient (Wildman–Crippen LogP) is 1.18. The van der Waals surface area contributed by atoms with Crippen LogP contribution in [0.3, 0.4) is 0 Å². The Labute approximate surface area is 168 Å². The fourth-order valence-corrected chi connectivity index (χ4v) is 4.73. The van der Waals surface area contributed by atoms with E-state index in [1.807, 2.05) is 11.8 Å². The maximum atomic E-state index is 12.7. The number of likely N-dealkylation sites (tertiary alicyclic amines) is 1. The van der Waals surface area contributed by atoms with Crippen molar-refractivity contribution in [1.29, 1.82) is 0 Å². The molecule has 1 saturated carbocycles. The van der Waals surface area contributed by atoms with E-state index in [1.54, 1.807) is 0 Å². The Kier molecular flexibility index (Phi) is 7.71. The van der Waals surface area contributed by atoms with Crippen LogP contribution in [0.4, 0.5) is 0 Å². The molecule has 0 aromatic rings. The van der Waals surface area contributed by atoms with Gasteiger partial charge in [0.2, 0.25) is 17.7 Å². The van der Waals surface area contributed by atoms with Crippen molar-refractivity contribution in [2.24, 2.45) is 11.8 Å². The minimum atomic E-state index is -0.130. The lowest BCUT2D eigenvalue weighted by atomic mass is 9.97.